The first-order chi connectivity index (χ1) is 14.0. The summed E-state index contributed by atoms with van der Waals surface area (Å²) in [5, 5.41) is 29.7. The fourth-order valence-electron chi connectivity index (χ4n) is 3.24. The molecule has 2 unspecified atom stereocenters. The predicted octanol–water partition coefficient (Wildman–Crippen LogP) is 2.02. The molecule has 0 saturated carbocycles. The van der Waals surface area contributed by atoms with Gasteiger partial charge in [-0.1, -0.05) is 42.5 Å². The van der Waals surface area contributed by atoms with Gasteiger partial charge in [0.2, 0.25) is 0 Å². The molecule has 0 radical (unpaired) electrons. The second-order valence-corrected chi connectivity index (χ2v) is 7.84. The molecule has 3 rings (SSSR count). The number of fused-ring (bicyclic) bond motifs is 3. The summed E-state index contributed by atoms with van der Waals surface area (Å²) in [5.74, 6) is -0.963. The molecule has 4 N–H and O–H groups in total. The van der Waals surface area contributed by atoms with Gasteiger partial charge in [-0.25, -0.2) is 9.59 Å². The predicted molar refractivity (Wildman–Crippen MR) is 110 cm³/mol. The summed E-state index contributed by atoms with van der Waals surface area (Å²) in [6, 6.07) is 12.9. The minimum Gasteiger partial charge on any atom is -0.480 e. The van der Waals surface area contributed by atoms with Gasteiger partial charge in [-0.2, -0.15) is 11.8 Å². The van der Waals surface area contributed by atoms with E-state index in [0.717, 1.165) is 34.9 Å². The van der Waals surface area contributed by atoms with Crippen molar-refractivity contribution in [1.82, 2.24) is 5.32 Å². The summed E-state index contributed by atoms with van der Waals surface area (Å²) < 4.78 is 5.27. The fraction of sp³-hybridized carbons (Fsp3) is 0.333. The summed E-state index contributed by atoms with van der Waals surface area (Å²) in [7, 11) is 0. The van der Waals surface area contributed by atoms with Crippen molar-refractivity contribution >= 4 is 23.8 Å². The van der Waals surface area contributed by atoms with E-state index in [9.17, 15) is 19.8 Å². The normalized spacial score (nSPS) is 13.9. The van der Waals surface area contributed by atoms with E-state index in [1.54, 1.807) is 0 Å². The molecule has 29 heavy (non-hydrogen) atoms. The van der Waals surface area contributed by atoms with Crippen LogP contribution in [0.5, 0.6) is 0 Å². The van der Waals surface area contributed by atoms with Crippen molar-refractivity contribution in [2.75, 3.05) is 18.1 Å². The lowest BCUT2D eigenvalue weighted by Crippen LogP contribution is -2.43. The number of carboxylic acids is 1. The topological polar surface area (TPSA) is 116 Å². The Labute approximate surface area is 172 Å². The van der Waals surface area contributed by atoms with Crippen molar-refractivity contribution in [1.29, 1.82) is 0 Å². The van der Waals surface area contributed by atoms with E-state index in [1.807, 2.05) is 30.3 Å². The first kappa shape index (κ1) is 21.2. The Hall–Kier alpha value is -2.55. The Kier molecular flexibility index (Phi) is 7.13. The SMILES string of the molecule is O=C(NC(CSCC(O)CO)C(=O)O)OCc1cccc2c1Cc1ccccc1-2. The lowest BCUT2D eigenvalue weighted by molar-refractivity contribution is -0.138. The molecule has 7 nitrogen and oxygen atoms in total. The molecule has 1 aliphatic rings. The van der Waals surface area contributed by atoms with E-state index in [0.29, 0.717) is 0 Å². The van der Waals surface area contributed by atoms with Crippen LogP contribution in [0.15, 0.2) is 42.5 Å². The molecule has 154 valence electrons. The monoisotopic (exact) mass is 417 g/mol. The molecule has 8 heteroatoms. The highest BCUT2D eigenvalue weighted by Gasteiger charge is 2.23. The summed E-state index contributed by atoms with van der Waals surface area (Å²) >= 11 is 1.13. The molecule has 0 bridgehead atoms. The summed E-state index contributed by atoms with van der Waals surface area (Å²) in [5.41, 5.74) is 5.55. The molecule has 0 aliphatic heterocycles. The quantitative estimate of drug-likeness (QED) is 0.421. The number of aliphatic carboxylic acids is 1. The molecule has 2 aromatic rings. The third kappa shape index (κ3) is 5.29. The second-order valence-electron chi connectivity index (χ2n) is 6.76. The number of thioether (sulfide) groups is 1. The zero-order valence-electron chi connectivity index (χ0n) is 15.7. The van der Waals surface area contributed by atoms with Crippen molar-refractivity contribution in [3.8, 4) is 11.1 Å². The molecule has 0 fully saturated rings. The van der Waals surface area contributed by atoms with Gasteiger partial charge in [0.05, 0.1) is 12.7 Å². The Morgan fingerprint density at radius 3 is 2.62 bits per heavy atom. The van der Waals surface area contributed by atoms with Crippen LogP contribution in [0.2, 0.25) is 0 Å². The summed E-state index contributed by atoms with van der Waals surface area (Å²) in [4.78, 5) is 23.4. The van der Waals surface area contributed by atoms with Crippen molar-refractivity contribution < 1.29 is 29.6 Å². The van der Waals surface area contributed by atoms with E-state index < -0.39 is 30.8 Å². The smallest absolute Gasteiger partial charge is 0.408 e. The highest BCUT2D eigenvalue weighted by Crippen LogP contribution is 2.38. The summed E-state index contributed by atoms with van der Waals surface area (Å²) in [6.45, 7) is -0.350. The maximum absolute atomic E-state index is 12.1. The molecular weight excluding hydrogens is 394 g/mol. The Balaban J connectivity index is 1.56. The van der Waals surface area contributed by atoms with Crippen LogP contribution in [-0.2, 0) is 22.6 Å². The Morgan fingerprint density at radius 1 is 1.10 bits per heavy atom. The lowest BCUT2D eigenvalue weighted by atomic mass is 10.0. The van der Waals surface area contributed by atoms with Gasteiger partial charge < -0.3 is 25.4 Å². The molecule has 0 saturated heterocycles. The fourth-order valence-corrected chi connectivity index (χ4v) is 4.21. The minimum atomic E-state index is -1.19. The number of carboxylic acid groups (broad SMARTS) is 1. The molecule has 1 amide bonds. The van der Waals surface area contributed by atoms with Crippen LogP contribution in [0.3, 0.4) is 0 Å². The maximum Gasteiger partial charge on any atom is 0.408 e. The Bertz CT molecular complexity index is 887. The van der Waals surface area contributed by atoms with E-state index in [2.05, 4.69) is 17.4 Å². The number of carbonyl (C=O) groups is 2. The van der Waals surface area contributed by atoms with Gasteiger partial charge in [-0.3, -0.25) is 0 Å². The third-order valence-corrected chi connectivity index (χ3v) is 5.89. The van der Waals surface area contributed by atoms with Gasteiger partial charge in [-0.05, 0) is 34.2 Å². The molecular formula is C21H23NO6S. The van der Waals surface area contributed by atoms with Gasteiger partial charge in [0.25, 0.3) is 0 Å². The zero-order valence-corrected chi connectivity index (χ0v) is 16.5. The Morgan fingerprint density at radius 2 is 1.86 bits per heavy atom. The van der Waals surface area contributed by atoms with Gasteiger partial charge >= 0.3 is 12.1 Å². The largest absolute Gasteiger partial charge is 0.480 e. The van der Waals surface area contributed by atoms with Crippen molar-refractivity contribution in [2.45, 2.75) is 25.2 Å². The lowest BCUT2D eigenvalue weighted by Gasteiger charge is -2.16. The second kappa shape index (κ2) is 9.78. The number of hydrogen-bond donors (Lipinski definition) is 4. The number of nitrogens with one attached hydrogen (secondary N) is 1. The summed E-state index contributed by atoms with van der Waals surface area (Å²) in [6.07, 6.45) is -0.965. The van der Waals surface area contributed by atoms with E-state index in [1.165, 1.54) is 11.1 Å². The van der Waals surface area contributed by atoms with Gasteiger partial charge in [0.15, 0.2) is 0 Å². The number of carbonyl (C=O) groups excluding carboxylic acids is 1. The zero-order chi connectivity index (χ0) is 20.8. The third-order valence-electron chi connectivity index (χ3n) is 4.70. The molecule has 1 aliphatic carbocycles. The number of ether oxygens (including phenoxy) is 1. The number of hydrogen-bond acceptors (Lipinski definition) is 6. The number of alkyl carbamates (subject to hydrolysis) is 1. The number of aliphatic hydroxyl groups excluding tert-OH is 2. The van der Waals surface area contributed by atoms with Crippen LogP contribution in [0.25, 0.3) is 11.1 Å². The number of benzene rings is 2. The molecule has 0 heterocycles. The van der Waals surface area contributed by atoms with Crippen molar-refractivity contribution in [3.63, 3.8) is 0 Å². The van der Waals surface area contributed by atoms with Gasteiger partial charge in [0, 0.05) is 11.5 Å². The van der Waals surface area contributed by atoms with E-state index in [-0.39, 0.29) is 18.1 Å². The van der Waals surface area contributed by atoms with Crippen molar-refractivity contribution in [2.24, 2.45) is 0 Å². The van der Waals surface area contributed by atoms with Gasteiger partial charge in [-0.15, -0.1) is 0 Å². The average molecular weight is 417 g/mol. The maximum atomic E-state index is 12.1. The highest BCUT2D eigenvalue weighted by atomic mass is 32.2. The molecule has 2 atom stereocenters. The standard InChI is InChI=1S/C21H23NO6S/c23-9-15(24)11-29-12-19(20(25)26)22-21(27)28-10-14-5-3-7-17-16-6-2-1-4-13(16)8-18(14)17/h1-7,15,19,23-24H,8-12H2,(H,22,27)(H,25,26). The minimum absolute atomic E-state index is 0.0473. The van der Waals surface area contributed by atoms with Crippen LogP contribution in [-0.4, -0.2) is 57.6 Å². The number of rotatable bonds is 9. The van der Waals surface area contributed by atoms with Crippen LogP contribution < -0.4 is 5.32 Å². The first-order valence-corrected chi connectivity index (χ1v) is 10.4. The van der Waals surface area contributed by atoms with Crippen molar-refractivity contribution in [3.05, 3.63) is 59.2 Å². The average Bonchev–Trinajstić information content (AvgIpc) is 3.10. The number of amides is 1. The van der Waals surface area contributed by atoms with Crippen LogP contribution in [0, 0.1) is 0 Å². The first-order valence-electron chi connectivity index (χ1n) is 9.21. The highest BCUT2D eigenvalue weighted by molar-refractivity contribution is 7.99. The number of aliphatic hydroxyl groups is 2. The van der Waals surface area contributed by atoms with Gasteiger partial charge in [0.1, 0.15) is 12.6 Å². The van der Waals surface area contributed by atoms with Crippen LogP contribution >= 0.6 is 11.8 Å². The molecule has 2 aromatic carbocycles. The molecule has 0 spiro atoms. The van der Waals surface area contributed by atoms with Crippen LogP contribution in [0.1, 0.15) is 16.7 Å². The van der Waals surface area contributed by atoms with E-state index >= 15 is 0 Å². The molecule has 0 aromatic heterocycles. The van der Waals surface area contributed by atoms with Crippen LogP contribution in [0.4, 0.5) is 4.79 Å². The van der Waals surface area contributed by atoms with E-state index in [4.69, 9.17) is 9.84 Å².